The van der Waals surface area contributed by atoms with Crippen molar-refractivity contribution in [2.24, 2.45) is 0 Å². The minimum absolute atomic E-state index is 0.0880. The van der Waals surface area contributed by atoms with Gasteiger partial charge in [0.25, 0.3) is 0 Å². The SMILES string of the molecule is Cc1ccc(-c2cc(N)c(Cl)c(C(=O)O)n2)cc1F. The van der Waals surface area contributed by atoms with Gasteiger partial charge in [-0.1, -0.05) is 23.7 Å². The van der Waals surface area contributed by atoms with Crippen molar-refractivity contribution in [2.45, 2.75) is 6.92 Å². The number of carboxylic acid groups (broad SMARTS) is 1. The zero-order chi connectivity index (χ0) is 14.2. The van der Waals surface area contributed by atoms with E-state index in [1.54, 1.807) is 19.1 Å². The van der Waals surface area contributed by atoms with Crippen molar-refractivity contribution in [1.82, 2.24) is 4.98 Å². The molecule has 98 valence electrons. The predicted octanol–water partition coefficient (Wildman–Crippen LogP) is 3.13. The van der Waals surface area contributed by atoms with Gasteiger partial charge in [0.2, 0.25) is 0 Å². The molecule has 2 rings (SSSR count). The highest BCUT2D eigenvalue weighted by Gasteiger charge is 2.16. The summed E-state index contributed by atoms with van der Waals surface area (Å²) in [4.78, 5) is 14.9. The molecule has 0 saturated heterocycles. The summed E-state index contributed by atoms with van der Waals surface area (Å²) in [7, 11) is 0. The highest BCUT2D eigenvalue weighted by atomic mass is 35.5. The summed E-state index contributed by atoms with van der Waals surface area (Å²) in [6.45, 7) is 1.63. The Labute approximate surface area is 113 Å². The van der Waals surface area contributed by atoms with Crippen LogP contribution in [0.25, 0.3) is 11.3 Å². The van der Waals surface area contributed by atoms with Gasteiger partial charge in [-0.25, -0.2) is 14.2 Å². The maximum atomic E-state index is 13.5. The number of benzene rings is 1. The van der Waals surface area contributed by atoms with Gasteiger partial charge >= 0.3 is 5.97 Å². The second-order valence-corrected chi connectivity index (χ2v) is 4.41. The second kappa shape index (κ2) is 4.85. The monoisotopic (exact) mass is 280 g/mol. The normalized spacial score (nSPS) is 10.5. The Balaban J connectivity index is 2.62. The number of hydrogen-bond donors (Lipinski definition) is 2. The maximum Gasteiger partial charge on any atom is 0.356 e. The number of nitrogens with two attached hydrogens (primary N) is 1. The van der Waals surface area contributed by atoms with Crippen LogP contribution in [0.5, 0.6) is 0 Å². The summed E-state index contributed by atoms with van der Waals surface area (Å²) in [5.41, 5.74) is 6.57. The molecule has 1 aromatic heterocycles. The molecule has 0 spiro atoms. The molecule has 0 atom stereocenters. The average Bonchev–Trinajstić information content (AvgIpc) is 2.35. The van der Waals surface area contributed by atoms with Gasteiger partial charge in [0, 0.05) is 5.56 Å². The van der Waals surface area contributed by atoms with Gasteiger partial charge in [-0.3, -0.25) is 0 Å². The van der Waals surface area contributed by atoms with Crippen molar-refractivity contribution in [3.63, 3.8) is 0 Å². The van der Waals surface area contributed by atoms with Crippen LogP contribution in [0.15, 0.2) is 24.3 Å². The van der Waals surface area contributed by atoms with Crippen LogP contribution in [0.1, 0.15) is 16.1 Å². The third-order valence-electron chi connectivity index (χ3n) is 2.66. The molecule has 2 aromatic rings. The summed E-state index contributed by atoms with van der Waals surface area (Å²) in [5, 5.41) is 8.86. The van der Waals surface area contributed by atoms with E-state index in [9.17, 15) is 9.18 Å². The number of nitrogens with zero attached hydrogens (tertiary/aromatic N) is 1. The van der Waals surface area contributed by atoms with Crippen LogP contribution in [0.3, 0.4) is 0 Å². The van der Waals surface area contributed by atoms with Crippen molar-refractivity contribution in [1.29, 1.82) is 0 Å². The van der Waals surface area contributed by atoms with Crippen LogP contribution in [0, 0.1) is 12.7 Å². The number of carbonyl (C=O) groups is 1. The first kappa shape index (κ1) is 13.3. The first-order valence-electron chi connectivity index (χ1n) is 5.36. The molecule has 0 saturated carbocycles. The molecule has 1 heterocycles. The number of hydrogen-bond acceptors (Lipinski definition) is 3. The number of nitrogen functional groups attached to an aromatic ring is 1. The lowest BCUT2D eigenvalue weighted by atomic mass is 10.1. The third-order valence-corrected chi connectivity index (χ3v) is 3.05. The van der Waals surface area contributed by atoms with E-state index < -0.39 is 11.8 Å². The van der Waals surface area contributed by atoms with Gasteiger partial charge in [-0.15, -0.1) is 0 Å². The molecule has 0 aliphatic rings. The Morgan fingerprint density at radius 3 is 2.68 bits per heavy atom. The Bertz CT molecular complexity index is 674. The summed E-state index contributed by atoms with van der Waals surface area (Å²) in [6.07, 6.45) is 0. The Morgan fingerprint density at radius 1 is 1.42 bits per heavy atom. The zero-order valence-corrected chi connectivity index (χ0v) is 10.7. The fraction of sp³-hybridized carbons (Fsp3) is 0.0769. The van der Waals surface area contributed by atoms with Crippen LogP contribution in [0.4, 0.5) is 10.1 Å². The molecule has 4 nitrogen and oxygen atoms in total. The fourth-order valence-electron chi connectivity index (χ4n) is 1.59. The molecule has 19 heavy (non-hydrogen) atoms. The quantitative estimate of drug-likeness (QED) is 0.886. The van der Waals surface area contributed by atoms with Crippen LogP contribution in [0.2, 0.25) is 5.02 Å². The van der Waals surface area contributed by atoms with Crippen molar-refractivity contribution in [3.8, 4) is 11.3 Å². The van der Waals surface area contributed by atoms with Crippen LogP contribution in [-0.2, 0) is 0 Å². The van der Waals surface area contributed by atoms with Gasteiger partial charge in [-0.05, 0) is 24.6 Å². The van der Waals surface area contributed by atoms with Crippen molar-refractivity contribution in [2.75, 3.05) is 5.73 Å². The molecule has 6 heteroatoms. The van der Waals surface area contributed by atoms with E-state index in [2.05, 4.69) is 4.98 Å². The first-order valence-corrected chi connectivity index (χ1v) is 5.73. The maximum absolute atomic E-state index is 13.5. The van der Waals surface area contributed by atoms with E-state index in [4.69, 9.17) is 22.4 Å². The lowest BCUT2D eigenvalue weighted by Gasteiger charge is -2.07. The molecule has 0 aliphatic carbocycles. The number of anilines is 1. The van der Waals surface area contributed by atoms with E-state index in [1.807, 2.05) is 0 Å². The molecule has 0 unspecified atom stereocenters. The summed E-state index contributed by atoms with van der Waals surface area (Å²) in [6, 6.07) is 5.91. The van der Waals surface area contributed by atoms with Gasteiger partial charge in [0.1, 0.15) is 5.82 Å². The van der Waals surface area contributed by atoms with Crippen LogP contribution < -0.4 is 5.73 Å². The van der Waals surface area contributed by atoms with Crippen LogP contribution in [-0.4, -0.2) is 16.1 Å². The van der Waals surface area contributed by atoms with E-state index in [-0.39, 0.29) is 22.1 Å². The molecule has 0 bridgehead atoms. The standard InChI is InChI=1S/C13H10ClFN2O2/c1-6-2-3-7(4-8(6)15)10-5-9(16)11(14)12(17-10)13(18)19/h2-5H,1H3,(H2,16,17)(H,18,19). The zero-order valence-electron chi connectivity index (χ0n) is 9.95. The van der Waals surface area contributed by atoms with Gasteiger partial charge in [-0.2, -0.15) is 0 Å². The Kier molecular flexibility index (Phi) is 3.40. The van der Waals surface area contributed by atoms with Crippen molar-refractivity contribution in [3.05, 3.63) is 46.4 Å². The fourth-order valence-corrected chi connectivity index (χ4v) is 1.77. The minimum Gasteiger partial charge on any atom is -0.476 e. The highest BCUT2D eigenvalue weighted by Crippen LogP contribution is 2.28. The molecular weight excluding hydrogens is 271 g/mol. The second-order valence-electron chi connectivity index (χ2n) is 4.03. The predicted molar refractivity (Wildman–Crippen MR) is 70.7 cm³/mol. The number of aromatic carboxylic acids is 1. The average molecular weight is 281 g/mol. The van der Waals surface area contributed by atoms with Gasteiger partial charge in [0.15, 0.2) is 5.69 Å². The molecule has 0 fully saturated rings. The first-order chi connectivity index (χ1) is 8.90. The smallest absolute Gasteiger partial charge is 0.356 e. The van der Waals surface area contributed by atoms with E-state index in [1.165, 1.54) is 12.1 Å². The number of aromatic nitrogens is 1. The number of carboxylic acids is 1. The van der Waals surface area contributed by atoms with Crippen LogP contribution >= 0.6 is 11.6 Å². The molecular formula is C13H10ClFN2O2. The molecule has 0 aliphatic heterocycles. The van der Waals surface area contributed by atoms with Gasteiger partial charge in [0.05, 0.1) is 16.4 Å². The number of rotatable bonds is 2. The topological polar surface area (TPSA) is 76.2 Å². The molecule has 1 aromatic carbocycles. The largest absolute Gasteiger partial charge is 0.476 e. The highest BCUT2D eigenvalue weighted by molar-refractivity contribution is 6.35. The third kappa shape index (κ3) is 2.51. The number of halogens is 2. The number of aryl methyl sites for hydroxylation is 1. The van der Waals surface area contributed by atoms with Crippen molar-refractivity contribution < 1.29 is 14.3 Å². The van der Waals surface area contributed by atoms with E-state index in [0.717, 1.165) is 0 Å². The summed E-state index contributed by atoms with van der Waals surface area (Å²) >= 11 is 5.76. The molecule has 0 radical (unpaired) electrons. The molecule has 0 amide bonds. The van der Waals surface area contributed by atoms with Crippen molar-refractivity contribution >= 4 is 23.3 Å². The van der Waals surface area contributed by atoms with E-state index in [0.29, 0.717) is 11.1 Å². The number of pyridine rings is 1. The van der Waals surface area contributed by atoms with E-state index >= 15 is 0 Å². The lowest BCUT2D eigenvalue weighted by Crippen LogP contribution is -2.05. The lowest BCUT2D eigenvalue weighted by molar-refractivity contribution is 0.0691. The van der Waals surface area contributed by atoms with Gasteiger partial charge < -0.3 is 10.8 Å². The Hall–Kier alpha value is -2.14. The Morgan fingerprint density at radius 2 is 2.11 bits per heavy atom. The molecule has 3 N–H and O–H groups in total. The summed E-state index contributed by atoms with van der Waals surface area (Å²) < 4.78 is 13.5. The summed E-state index contributed by atoms with van der Waals surface area (Å²) in [5.74, 6) is -1.68. The minimum atomic E-state index is -1.29.